The lowest BCUT2D eigenvalue weighted by Gasteiger charge is -2.27. The van der Waals surface area contributed by atoms with Gasteiger partial charge in [0.1, 0.15) is 0 Å². The van der Waals surface area contributed by atoms with Gasteiger partial charge in [-0.05, 0) is 60.9 Å². The van der Waals surface area contributed by atoms with Crippen molar-refractivity contribution in [3.8, 4) is 0 Å². The summed E-state index contributed by atoms with van der Waals surface area (Å²) in [5, 5.41) is 5.63. The molecule has 0 aliphatic carbocycles. The predicted octanol–water partition coefficient (Wildman–Crippen LogP) is 2.94. The van der Waals surface area contributed by atoms with Gasteiger partial charge < -0.3 is 10.2 Å². The van der Waals surface area contributed by atoms with Crippen LogP contribution >= 0.6 is 27.3 Å². The number of hydrogen-bond donors (Lipinski definition) is 1. The lowest BCUT2D eigenvalue weighted by atomic mass is 9.99. The van der Waals surface area contributed by atoms with Crippen molar-refractivity contribution >= 4 is 27.3 Å². The number of thiophene rings is 1. The van der Waals surface area contributed by atoms with Crippen molar-refractivity contribution in [2.75, 3.05) is 26.7 Å². The van der Waals surface area contributed by atoms with E-state index in [1.165, 1.54) is 41.8 Å². The summed E-state index contributed by atoms with van der Waals surface area (Å²) >= 11 is 5.34. The van der Waals surface area contributed by atoms with Gasteiger partial charge in [-0.3, -0.25) is 0 Å². The molecule has 16 heavy (non-hydrogen) atoms. The van der Waals surface area contributed by atoms with Crippen molar-refractivity contribution in [2.24, 2.45) is 5.92 Å². The number of nitrogens with zero attached hydrogens (tertiary/aromatic N) is 1. The second-order valence-electron chi connectivity index (χ2n) is 4.64. The Morgan fingerprint density at radius 2 is 2.50 bits per heavy atom. The van der Waals surface area contributed by atoms with Gasteiger partial charge in [0.05, 0.1) is 0 Å². The van der Waals surface area contributed by atoms with E-state index in [1.54, 1.807) is 0 Å². The first-order chi connectivity index (χ1) is 7.74. The summed E-state index contributed by atoms with van der Waals surface area (Å²) in [6, 6.07) is 2.22. The molecule has 1 aromatic heterocycles. The average molecular weight is 303 g/mol. The molecule has 1 fully saturated rings. The molecule has 1 unspecified atom stereocenters. The fourth-order valence-corrected chi connectivity index (χ4v) is 3.82. The van der Waals surface area contributed by atoms with E-state index in [0.717, 1.165) is 12.5 Å². The lowest BCUT2D eigenvalue weighted by Crippen LogP contribution is -2.36. The minimum atomic E-state index is 0.835. The maximum atomic E-state index is 3.50. The number of piperidine rings is 1. The summed E-state index contributed by atoms with van der Waals surface area (Å²) < 4.78 is 1.21. The molecule has 1 saturated heterocycles. The van der Waals surface area contributed by atoms with E-state index in [0.29, 0.717) is 0 Å². The molecular formula is C12H19BrN2S. The Bertz CT molecular complexity index is 321. The highest BCUT2D eigenvalue weighted by Gasteiger charge is 2.15. The van der Waals surface area contributed by atoms with Crippen LogP contribution in [0.2, 0.25) is 0 Å². The molecule has 0 saturated carbocycles. The van der Waals surface area contributed by atoms with Crippen molar-refractivity contribution < 1.29 is 0 Å². The molecule has 1 aliphatic heterocycles. The average Bonchev–Trinajstić information content (AvgIpc) is 2.65. The monoisotopic (exact) mass is 302 g/mol. The maximum Gasteiger partial charge on any atom is 0.0325 e. The van der Waals surface area contributed by atoms with E-state index in [4.69, 9.17) is 0 Å². The van der Waals surface area contributed by atoms with Gasteiger partial charge in [-0.2, -0.15) is 0 Å². The predicted molar refractivity (Wildman–Crippen MR) is 73.9 cm³/mol. The zero-order valence-corrected chi connectivity index (χ0v) is 12.1. The van der Waals surface area contributed by atoms with E-state index in [9.17, 15) is 0 Å². The van der Waals surface area contributed by atoms with E-state index < -0.39 is 0 Å². The Labute approximate surface area is 110 Å². The number of rotatable bonds is 4. The number of hydrogen-bond acceptors (Lipinski definition) is 3. The Kier molecular flexibility index (Phi) is 4.82. The first-order valence-electron chi connectivity index (χ1n) is 5.86. The highest BCUT2D eigenvalue weighted by Crippen LogP contribution is 2.21. The molecule has 90 valence electrons. The molecule has 0 bridgehead atoms. The second kappa shape index (κ2) is 6.15. The Balaban J connectivity index is 1.77. The normalized spacial score (nSPS) is 21.6. The summed E-state index contributed by atoms with van der Waals surface area (Å²) in [5.74, 6) is 0.835. The van der Waals surface area contributed by atoms with Crippen LogP contribution < -0.4 is 5.32 Å². The molecule has 2 nitrogen and oxygen atoms in total. The van der Waals surface area contributed by atoms with Gasteiger partial charge in [-0.25, -0.2) is 0 Å². The van der Waals surface area contributed by atoms with Crippen LogP contribution in [0.1, 0.15) is 17.7 Å². The van der Waals surface area contributed by atoms with Crippen molar-refractivity contribution in [1.82, 2.24) is 10.2 Å². The second-order valence-corrected chi connectivity index (χ2v) is 6.55. The summed E-state index contributed by atoms with van der Waals surface area (Å²) in [6.07, 6.45) is 2.72. The minimum Gasteiger partial charge on any atom is -0.316 e. The van der Waals surface area contributed by atoms with Crippen LogP contribution in [0.15, 0.2) is 15.9 Å². The lowest BCUT2D eigenvalue weighted by molar-refractivity contribution is 0.239. The van der Waals surface area contributed by atoms with Crippen LogP contribution in [0.3, 0.4) is 0 Å². The molecule has 0 amide bonds. The first kappa shape index (κ1) is 12.6. The Morgan fingerprint density at radius 3 is 3.12 bits per heavy atom. The highest BCUT2D eigenvalue weighted by atomic mass is 79.9. The van der Waals surface area contributed by atoms with Crippen LogP contribution in [0, 0.1) is 5.92 Å². The van der Waals surface area contributed by atoms with Crippen LogP contribution in [0.4, 0.5) is 0 Å². The fourth-order valence-electron chi connectivity index (χ4n) is 2.29. The van der Waals surface area contributed by atoms with Crippen molar-refractivity contribution in [3.63, 3.8) is 0 Å². The van der Waals surface area contributed by atoms with Gasteiger partial charge >= 0.3 is 0 Å². The zero-order valence-electron chi connectivity index (χ0n) is 9.71. The quantitative estimate of drug-likeness (QED) is 0.920. The van der Waals surface area contributed by atoms with Gasteiger partial charge in [0.15, 0.2) is 0 Å². The highest BCUT2D eigenvalue weighted by molar-refractivity contribution is 9.10. The van der Waals surface area contributed by atoms with Gasteiger partial charge in [-0.1, -0.05) is 0 Å². The topological polar surface area (TPSA) is 15.3 Å². The van der Waals surface area contributed by atoms with Gasteiger partial charge in [0.25, 0.3) is 0 Å². The summed E-state index contributed by atoms with van der Waals surface area (Å²) in [4.78, 5) is 3.88. The summed E-state index contributed by atoms with van der Waals surface area (Å²) in [7, 11) is 2.22. The van der Waals surface area contributed by atoms with Crippen LogP contribution in [0.5, 0.6) is 0 Å². The Hall–Kier alpha value is 0.1000. The standard InChI is InChI=1S/C12H19BrN2S/c1-15(7-10-3-2-4-14-6-10)8-12-5-11(13)9-16-12/h5,9-10,14H,2-4,6-8H2,1H3. The molecular weight excluding hydrogens is 284 g/mol. The molecule has 1 aliphatic rings. The first-order valence-corrected chi connectivity index (χ1v) is 7.53. The third-order valence-corrected chi connectivity index (χ3v) is 4.70. The maximum absolute atomic E-state index is 3.50. The smallest absolute Gasteiger partial charge is 0.0325 e. The SMILES string of the molecule is CN(Cc1cc(Br)cs1)CC1CCCNC1. The molecule has 1 N–H and O–H groups in total. The van der Waals surface area contributed by atoms with Crippen LogP contribution in [-0.2, 0) is 6.54 Å². The van der Waals surface area contributed by atoms with Gasteiger partial charge in [0.2, 0.25) is 0 Å². The molecule has 0 aromatic carbocycles. The number of halogens is 1. The van der Waals surface area contributed by atoms with E-state index in [2.05, 4.69) is 44.6 Å². The zero-order chi connectivity index (χ0) is 11.4. The molecule has 0 spiro atoms. The molecule has 0 radical (unpaired) electrons. The van der Waals surface area contributed by atoms with Crippen molar-refractivity contribution in [3.05, 3.63) is 20.8 Å². The fraction of sp³-hybridized carbons (Fsp3) is 0.667. The third kappa shape index (κ3) is 3.84. The van der Waals surface area contributed by atoms with Gasteiger partial charge in [-0.15, -0.1) is 11.3 Å². The molecule has 4 heteroatoms. The summed E-state index contributed by atoms with van der Waals surface area (Å²) in [6.45, 7) is 4.69. The summed E-state index contributed by atoms with van der Waals surface area (Å²) in [5.41, 5.74) is 0. The molecule has 2 rings (SSSR count). The number of nitrogens with one attached hydrogen (secondary N) is 1. The molecule has 1 atom stereocenters. The van der Waals surface area contributed by atoms with E-state index in [-0.39, 0.29) is 0 Å². The van der Waals surface area contributed by atoms with Crippen molar-refractivity contribution in [1.29, 1.82) is 0 Å². The molecule has 2 heterocycles. The van der Waals surface area contributed by atoms with Crippen LogP contribution in [-0.4, -0.2) is 31.6 Å². The van der Waals surface area contributed by atoms with Gasteiger partial charge in [0, 0.05) is 27.8 Å². The van der Waals surface area contributed by atoms with Crippen LogP contribution in [0.25, 0.3) is 0 Å². The molecule has 1 aromatic rings. The minimum absolute atomic E-state index is 0.835. The van der Waals surface area contributed by atoms with E-state index in [1.807, 2.05) is 11.3 Å². The largest absolute Gasteiger partial charge is 0.316 e. The Morgan fingerprint density at radius 1 is 1.62 bits per heavy atom. The van der Waals surface area contributed by atoms with Crippen molar-refractivity contribution in [2.45, 2.75) is 19.4 Å². The van der Waals surface area contributed by atoms with E-state index >= 15 is 0 Å². The third-order valence-electron chi connectivity index (χ3n) is 3.02.